The average Bonchev–Trinajstić information content (AvgIpc) is 2.24. The number of carbonyl (C=O) groups is 1. The average molecular weight is 224 g/mol. The molecule has 1 unspecified atom stereocenters. The van der Waals surface area contributed by atoms with Crippen LogP contribution in [0.1, 0.15) is 47.9 Å². The van der Waals surface area contributed by atoms with Gasteiger partial charge in [-0.2, -0.15) is 0 Å². The maximum Gasteiger partial charge on any atom is 0.354 e. The first-order valence-electron chi connectivity index (χ1n) is 5.20. The molecule has 5 nitrogen and oxygen atoms in total. The molecule has 0 saturated heterocycles. The van der Waals surface area contributed by atoms with E-state index in [1.807, 2.05) is 6.92 Å². The molecule has 0 bridgehead atoms. The van der Waals surface area contributed by atoms with Gasteiger partial charge in [0.1, 0.15) is 6.10 Å². The molecular weight excluding hydrogens is 208 g/mol. The summed E-state index contributed by atoms with van der Waals surface area (Å²) in [6, 6.07) is 1.45. The third-order valence-corrected chi connectivity index (χ3v) is 2.21. The number of hydrogen-bond acceptors (Lipinski definition) is 4. The van der Waals surface area contributed by atoms with E-state index in [9.17, 15) is 4.79 Å². The van der Waals surface area contributed by atoms with Gasteiger partial charge in [0, 0.05) is 12.8 Å². The van der Waals surface area contributed by atoms with Crippen LogP contribution in [0.15, 0.2) is 6.07 Å². The molecule has 0 radical (unpaired) electrons. The summed E-state index contributed by atoms with van der Waals surface area (Å²) in [7, 11) is 1.58. The summed E-state index contributed by atoms with van der Waals surface area (Å²) in [6.45, 7) is 3.77. The van der Waals surface area contributed by atoms with Crippen LogP contribution in [-0.4, -0.2) is 28.2 Å². The summed E-state index contributed by atoms with van der Waals surface area (Å²) >= 11 is 0. The maximum atomic E-state index is 10.8. The Balaban J connectivity index is 3.07. The summed E-state index contributed by atoms with van der Waals surface area (Å²) < 4.78 is 5.25. The molecular formula is C11H16N2O3. The van der Waals surface area contributed by atoms with Gasteiger partial charge in [0.2, 0.25) is 0 Å². The largest absolute Gasteiger partial charge is 0.477 e. The van der Waals surface area contributed by atoms with Crippen LogP contribution < -0.4 is 0 Å². The lowest BCUT2D eigenvalue weighted by Gasteiger charge is -2.13. The molecule has 1 rings (SSSR count). The highest BCUT2D eigenvalue weighted by Crippen LogP contribution is 2.19. The Morgan fingerprint density at radius 2 is 2.25 bits per heavy atom. The zero-order valence-electron chi connectivity index (χ0n) is 9.73. The number of rotatable bonds is 5. The first-order valence-corrected chi connectivity index (χ1v) is 5.20. The van der Waals surface area contributed by atoms with Gasteiger partial charge in [0.15, 0.2) is 11.5 Å². The minimum absolute atomic E-state index is 0.0145. The van der Waals surface area contributed by atoms with Gasteiger partial charge in [-0.1, -0.05) is 13.3 Å². The van der Waals surface area contributed by atoms with Crippen LogP contribution in [0, 0.1) is 6.92 Å². The van der Waals surface area contributed by atoms with Gasteiger partial charge in [-0.3, -0.25) is 0 Å². The van der Waals surface area contributed by atoms with Crippen LogP contribution >= 0.6 is 0 Å². The molecule has 16 heavy (non-hydrogen) atoms. The van der Waals surface area contributed by atoms with E-state index in [-0.39, 0.29) is 11.8 Å². The summed E-state index contributed by atoms with van der Waals surface area (Å²) in [5.41, 5.74) is 0.654. The van der Waals surface area contributed by atoms with Crippen molar-refractivity contribution in [3.63, 3.8) is 0 Å². The number of aromatic carboxylic acids is 1. The Kier molecular flexibility index (Phi) is 4.37. The minimum Gasteiger partial charge on any atom is -0.477 e. The molecule has 0 aliphatic heterocycles. The van der Waals surface area contributed by atoms with Crippen molar-refractivity contribution in [1.82, 2.24) is 9.97 Å². The van der Waals surface area contributed by atoms with Crippen molar-refractivity contribution < 1.29 is 14.6 Å². The minimum atomic E-state index is -1.04. The molecule has 1 atom stereocenters. The number of aryl methyl sites for hydroxylation is 1. The van der Waals surface area contributed by atoms with E-state index in [1.165, 1.54) is 6.07 Å². The fraction of sp³-hybridized carbons (Fsp3) is 0.545. The number of aromatic nitrogens is 2. The predicted octanol–water partition coefficient (Wildman–Crippen LogP) is 1.97. The normalized spacial score (nSPS) is 12.4. The number of carboxylic acid groups (broad SMARTS) is 1. The lowest BCUT2D eigenvalue weighted by Crippen LogP contribution is -2.12. The van der Waals surface area contributed by atoms with E-state index < -0.39 is 5.97 Å². The highest BCUT2D eigenvalue weighted by Gasteiger charge is 2.16. The molecule has 1 aromatic rings. The Morgan fingerprint density at radius 1 is 1.56 bits per heavy atom. The third kappa shape index (κ3) is 3.00. The molecule has 1 heterocycles. The molecule has 0 aromatic carbocycles. The fourth-order valence-electron chi connectivity index (χ4n) is 1.46. The number of hydrogen-bond donors (Lipinski definition) is 1. The Bertz CT molecular complexity index is 379. The highest BCUT2D eigenvalue weighted by molar-refractivity contribution is 5.85. The van der Waals surface area contributed by atoms with Crippen LogP contribution in [0.5, 0.6) is 0 Å². The van der Waals surface area contributed by atoms with Gasteiger partial charge in [-0.05, 0) is 19.4 Å². The summed E-state index contributed by atoms with van der Waals surface area (Å²) in [5.74, 6) is -0.597. The maximum absolute atomic E-state index is 10.8. The quantitative estimate of drug-likeness (QED) is 0.827. The number of ether oxygens (including phenoxy) is 1. The predicted molar refractivity (Wildman–Crippen MR) is 58.4 cm³/mol. The first kappa shape index (κ1) is 12.6. The van der Waals surface area contributed by atoms with E-state index in [2.05, 4.69) is 9.97 Å². The highest BCUT2D eigenvalue weighted by atomic mass is 16.5. The lowest BCUT2D eigenvalue weighted by molar-refractivity contribution is 0.0682. The first-order chi connectivity index (χ1) is 7.58. The van der Waals surface area contributed by atoms with Gasteiger partial charge in [-0.25, -0.2) is 14.8 Å². The van der Waals surface area contributed by atoms with Crippen LogP contribution in [0.2, 0.25) is 0 Å². The monoisotopic (exact) mass is 224 g/mol. The molecule has 5 heteroatoms. The van der Waals surface area contributed by atoms with Crippen molar-refractivity contribution >= 4 is 5.97 Å². The molecule has 0 spiro atoms. The van der Waals surface area contributed by atoms with Crippen molar-refractivity contribution in [1.29, 1.82) is 0 Å². The van der Waals surface area contributed by atoms with E-state index in [0.717, 1.165) is 12.8 Å². The van der Waals surface area contributed by atoms with E-state index in [0.29, 0.717) is 11.5 Å². The molecule has 0 amide bonds. The van der Waals surface area contributed by atoms with Gasteiger partial charge in [0.05, 0.1) is 0 Å². The van der Waals surface area contributed by atoms with Crippen LogP contribution in [-0.2, 0) is 4.74 Å². The second-order valence-corrected chi connectivity index (χ2v) is 3.57. The van der Waals surface area contributed by atoms with Crippen molar-refractivity contribution in [3.8, 4) is 0 Å². The Labute approximate surface area is 94.5 Å². The standard InChI is InChI=1S/C11H16N2O3/c1-4-5-9(16-3)10-12-7(2)6-8(13-10)11(14)15/h6,9H,4-5H2,1-3H3,(H,14,15). The van der Waals surface area contributed by atoms with Crippen molar-refractivity contribution in [2.45, 2.75) is 32.8 Å². The second-order valence-electron chi connectivity index (χ2n) is 3.57. The number of carboxylic acids is 1. The van der Waals surface area contributed by atoms with E-state index in [1.54, 1.807) is 14.0 Å². The molecule has 88 valence electrons. The Morgan fingerprint density at radius 3 is 2.75 bits per heavy atom. The van der Waals surface area contributed by atoms with Crippen molar-refractivity contribution in [3.05, 3.63) is 23.3 Å². The van der Waals surface area contributed by atoms with Crippen LogP contribution in [0.25, 0.3) is 0 Å². The van der Waals surface area contributed by atoms with Crippen LogP contribution in [0.3, 0.4) is 0 Å². The molecule has 1 aromatic heterocycles. The molecule has 0 aliphatic carbocycles. The Hall–Kier alpha value is -1.49. The summed E-state index contributed by atoms with van der Waals surface area (Å²) in [6.07, 6.45) is 1.47. The molecule has 1 N–H and O–H groups in total. The molecule has 0 fully saturated rings. The smallest absolute Gasteiger partial charge is 0.354 e. The number of methoxy groups -OCH3 is 1. The third-order valence-electron chi connectivity index (χ3n) is 2.21. The van der Waals surface area contributed by atoms with Gasteiger partial charge < -0.3 is 9.84 Å². The lowest BCUT2D eigenvalue weighted by atomic mass is 10.2. The van der Waals surface area contributed by atoms with Crippen molar-refractivity contribution in [2.75, 3.05) is 7.11 Å². The van der Waals surface area contributed by atoms with Gasteiger partial charge in [0.25, 0.3) is 0 Å². The topological polar surface area (TPSA) is 72.3 Å². The number of nitrogens with zero attached hydrogens (tertiary/aromatic N) is 2. The van der Waals surface area contributed by atoms with Gasteiger partial charge in [-0.15, -0.1) is 0 Å². The summed E-state index contributed by atoms with van der Waals surface area (Å²) in [5, 5.41) is 8.89. The van der Waals surface area contributed by atoms with E-state index >= 15 is 0 Å². The summed E-state index contributed by atoms with van der Waals surface area (Å²) in [4.78, 5) is 19.0. The second kappa shape index (κ2) is 5.55. The zero-order chi connectivity index (χ0) is 12.1. The molecule has 0 saturated carbocycles. The van der Waals surface area contributed by atoms with Gasteiger partial charge >= 0.3 is 5.97 Å². The van der Waals surface area contributed by atoms with E-state index in [4.69, 9.17) is 9.84 Å². The SMILES string of the molecule is CCCC(OC)c1nc(C)cc(C(=O)O)n1. The van der Waals surface area contributed by atoms with Crippen molar-refractivity contribution in [2.24, 2.45) is 0 Å². The fourth-order valence-corrected chi connectivity index (χ4v) is 1.46. The van der Waals surface area contributed by atoms with Crippen LogP contribution in [0.4, 0.5) is 0 Å². The molecule has 0 aliphatic rings. The zero-order valence-corrected chi connectivity index (χ0v) is 9.73.